The Morgan fingerprint density at radius 3 is 2.81 bits per heavy atom. The molecular weight excluding hydrogens is 360 g/mol. The highest BCUT2D eigenvalue weighted by Gasteiger charge is 2.24. The van der Waals surface area contributed by atoms with E-state index in [1.807, 2.05) is 36.4 Å². The largest absolute Gasteiger partial charge is 0.484 e. The molecular formula is C20H20N4O2S. The fourth-order valence-corrected chi connectivity index (χ4v) is 3.59. The van der Waals surface area contributed by atoms with Crippen molar-refractivity contribution in [1.29, 1.82) is 0 Å². The molecule has 1 aromatic heterocycles. The maximum atomic E-state index is 12.0. The zero-order valence-corrected chi connectivity index (χ0v) is 15.6. The normalized spacial score (nSPS) is 16.8. The summed E-state index contributed by atoms with van der Waals surface area (Å²) in [6, 6.07) is 18.4. The summed E-state index contributed by atoms with van der Waals surface area (Å²) in [5.41, 5.74) is 2.68. The number of ether oxygens (including phenoxy) is 1. The molecule has 7 heteroatoms. The van der Waals surface area contributed by atoms with Crippen LogP contribution in [0.25, 0.3) is 0 Å². The molecule has 6 nitrogen and oxygen atoms in total. The van der Waals surface area contributed by atoms with Gasteiger partial charge < -0.3 is 10.1 Å². The van der Waals surface area contributed by atoms with Crippen molar-refractivity contribution in [3.05, 3.63) is 77.6 Å². The number of benzene rings is 2. The molecule has 3 aromatic rings. The number of nitrogens with one attached hydrogen (secondary N) is 1. The van der Waals surface area contributed by atoms with Gasteiger partial charge in [-0.05, 0) is 11.6 Å². The first-order valence-corrected chi connectivity index (χ1v) is 9.60. The van der Waals surface area contributed by atoms with E-state index >= 15 is 0 Å². The second kappa shape index (κ2) is 8.28. The van der Waals surface area contributed by atoms with Gasteiger partial charge in [0.2, 0.25) is 0 Å². The predicted molar refractivity (Wildman–Crippen MR) is 104 cm³/mol. The van der Waals surface area contributed by atoms with Crippen molar-refractivity contribution in [3.63, 3.8) is 0 Å². The molecule has 0 bridgehead atoms. The summed E-state index contributed by atoms with van der Waals surface area (Å²) < 4.78 is 14.1. The minimum absolute atomic E-state index is 0.0479. The van der Waals surface area contributed by atoms with Crippen molar-refractivity contribution >= 4 is 17.6 Å². The molecule has 2 heterocycles. The van der Waals surface area contributed by atoms with Gasteiger partial charge in [0.25, 0.3) is 5.91 Å². The highest BCUT2D eigenvalue weighted by molar-refractivity contribution is 6.99. The average molecular weight is 380 g/mol. The van der Waals surface area contributed by atoms with E-state index in [-0.39, 0.29) is 12.0 Å². The number of nitrogens with zero attached hydrogens (tertiary/aromatic N) is 3. The summed E-state index contributed by atoms with van der Waals surface area (Å²) in [6.07, 6.45) is 1.44. The number of carbonyl (C=O) groups is 1. The molecule has 2 aromatic carbocycles. The molecule has 1 amide bonds. The van der Waals surface area contributed by atoms with E-state index in [0.29, 0.717) is 12.2 Å². The van der Waals surface area contributed by atoms with Gasteiger partial charge in [-0.15, -0.1) is 0 Å². The minimum Gasteiger partial charge on any atom is -0.484 e. The van der Waals surface area contributed by atoms with Crippen LogP contribution in [-0.4, -0.2) is 39.2 Å². The molecule has 0 saturated carbocycles. The molecule has 27 heavy (non-hydrogen) atoms. The van der Waals surface area contributed by atoms with E-state index in [1.54, 1.807) is 0 Å². The van der Waals surface area contributed by atoms with E-state index < -0.39 is 0 Å². The van der Waals surface area contributed by atoms with E-state index in [2.05, 4.69) is 37.2 Å². The fraction of sp³-hybridized carbons (Fsp3) is 0.250. The van der Waals surface area contributed by atoms with Crippen molar-refractivity contribution in [2.75, 3.05) is 19.6 Å². The summed E-state index contributed by atoms with van der Waals surface area (Å²) in [6.45, 7) is 2.81. The molecule has 1 N–H and O–H groups in total. The second-order valence-electron chi connectivity index (χ2n) is 6.41. The van der Waals surface area contributed by atoms with Crippen molar-refractivity contribution in [1.82, 2.24) is 19.0 Å². The lowest BCUT2D eigenvalue weighted by atomic mass is 10.1. The highest BCUT2D eigenvalue weighted by Crippen LogP contribution is 2.30. The molecule has 4 rings (SSSR count). The van der Waals surface area contributed by atoms with Gasteiger partial charge in [-0.25, -0.2) is 0 Å². The third-order valence-corrected chi connectivity index (χ3v) is 5.02. The molecule has 1 aliphatic rings. The Balaban J connectivity index is 1.45. The third-order valence-electron chi connectivity index (χ3n) is 4.54. The van der Waals surface area contributed by atoms with Crippen molar-refractivity contribution in [2.45, 2.75) is 12.6 Å². The molecule has 0 aliphatic carbocycles. The van der Waals surface area contributed by atoms with E-state index in [0.717, 1.165) is 48.2 Å². The highest BCUT2D eigenvalue weighted by atomic mass is 32.1. The first-order valence-electron chi connectivity index (χ1n) is 8.87. The Morgan fingerprint density at radius 2 is 2.00 bits per heavy atom. The molecule has 1 aliphatic heterocycles. The third kappa shape index (κ3) is 4.32. The van der Waals surface area contributed by atoms with Crippen LogP contribution in [0, 0.1) is 0 Å². The number of hydrogen-bond acceptors (Lipinski definition) is 6. The first-order chi connectivity index (χ1) is 13.3. The lowest BCUT2D eigenvalue weighted by Crippen LogP contribution is -2.36. The molecule has 0 spiro atoms. The van der Waals surface area contributed by atoms with Gasteiger partial charge in [-0.3, -0.25) is 9.69 Å². The van der Waals surface area contributed by atoms with Gasteiger partial charge in [0.15, 0.2) is 5.69 Å². The monoisotopic (exact) mass is 380 g/mol. The Hall–Kier alpha value is -2.77. The molecule has 0 radical (unpaired) electrons. The van der Waals surface area contributed by atoms with Crippen LogP contribution < -0.4 is 10.1 Å². The minimum atomic E-state index is -0.185. The van der Waals surface area contributed by atoms with Crippen LogP contribution >= 0.6 is 11.7 Å². The first kappa shape index (κ1) is 17.6. The van der Waals surface area contributed by atoms with Gasteiger partial charge in [0.05, 0.1) is 17.9 Å². The van der Waals surface area contributed by atoms with Crippen LogP contribution in [-0.2, 0) is 6.54 Å². The lowest BCUT2D eigenvalue weighted by Gasteiger charge is -2.24. The smallest absolute Gasteiger partial charge is 0.272 e. The van der Waals surface area contributed by atoms with Gasteiger partial charge >= 0.3 is 0 Å². The number of hydrogen-bond donors (Lipinski definition) is 1. The van der Waals surface area contributed by atoms with Crippen LogP contribution in [0.15, 0.2) is 60.8 Å². The number of rotatable bonds is 5. The number of amides is 1. The number of fused-ring (bicyclic) bond motifs is 1. The standard InChI is InChI=1S/C20H20N4O2S/c25-20(17-12-22-27-23-17)21-10-11-24-13-16-8-4-5-9-18(16)26-19(14-24)15-6-2-1-3-7-15/h1-9,12,19H,10-11,13-14H2,(H,21,25)/t19-/m1/s1. The van der Waals surface area contributed by atoms with Crippen LogP contribution in [0.4, 0.5) is 0 Å². The predicted octanol–water partition coefficient (Wildman–Crippen LogP) is 2.90. The van der Waals surface area contributed by atoms with E-state index in [1.165, 1.54) is 6.20 Å². The topological polar surface area (TPSA) is 67.4 Å². The van der Waals surface area contributed by atoms with Gasteiger partial charge in [-0.2, -0.15) is 8.75 Å². The van der Waals surface area contributed by atoms with Crippen molar-refractivity contribution < 1.29 is 9.53 Å². The van der Waals surface area contributed by atoms with Crippen LogP contribution in [0.2, 0.25) is 0 Å². The van der Waals surface area contributed by atoms with Crippen LogP contribution in [0.1, 0.15) is 27.7 Å². The number of aromatic nitrogens is 2. The van der Waals surface area contributed by atoms with Crippen molar-refractivity contribution in [2.24, 2.45) is 0 Å². The lowest BCUT2D eigenvalue weighted by molar-refractivity contribution is 0.0939. The number of para-hydroxylation sites is 1. The second-order valence-corrected chi connectivity index (χ2v) is 6.97. The summed E-state index contributed by atoms with van der Waals surface area (Å²) in [4.78, 5) is 14.4. The summed E-state index contributed by atoms with van der Waals surface area (Å²) in [5, 5.41) is 2.91. The van der Waals surface area contributed by atoms with Gasteiger partial charge in [0, 0.05) is 31.7 Å². The SMILES string of the molecule is O=C(NCCN1Cc2ccccc2O[C@@H](c2ccccc2)C1)c1cnsn1. The molecule has 0 fully saturated rings. The summed E-state index contributed by atoms with van der Waals surface area (Å²) in [7, 11) is 0. The molecule has 1 atom stereocenters. The Bertz CT molecular complexity index is 886. The maximum Gasteiger partial charge on any atom is 0.272 e. The number of carbonyl (C=O) groups excluding carboxylic acids is 1. The summed E-state index contributed by atoms with van der Waals surface area (Å²) >= 11 is 1.03. The van der Waals surface area contributed by atoms with Crippen LogP contribution in [0.5, 0.6) is 5.75 Å². The molecule has 138 valence electrons. The Labute approximate surface area is 162 Å². The quantitative estimate of drug-likeness (QED) is 0.737. The maximum absolute atomic E-state index is 12.0. The van der Waals surface area contributed by atoms with E-state index in [4.69, 9.17) is 4.74 Å². The Kier molecular flexibility index (Phi) is 5.41. The zero-order chi connectivity index (χ0) is 18.5. The van der Waals surface area contributed by atoms with Crippen molar-refractivity contribution in [3.8, 4) is 5.75 Å². The molecule has 0 unspecified atom stereocenters. The van der Waals surface area contributed by atoms with E-state index in [9.17, 15) is 4.79 Å². The van der Waals surface area contributed by atoms with Crippen LogP contribution in [0.3, 0.4) is 0 Å². The Morgan fingerprint density at radius 1 is 1.19 bits per heavy atom. The van der Waals surface area contributed by atoms with Gasteiger partial charge in [0.1, 0.15) is 11.9 Å². The average Bonchev–Trinajstić information content (AvgIpc) is 3.17. The van der Waals surface area contributed by atoms with Gasteiger partial charge in [-0.1, -0.05) is 48.5 Å². The zero-order valence-electron chi connectivity index (χ0n) is 14.7. The summed E-state index contributed by atoms with van der Waals surface area (Å²) in [5.74, 6) is 0.737. The molecule has 0 saturated heterocycles. The fourth-order valence-electron chi connectivity index (χ4n) is 3.17.